The van der Waals surface area contributed by atoms with Crippen LogP contribution in [0, 0.1) is 0 Å². The molecular formula is C11H18N4. The van der Waals surface area contributed by atoms with E-state index in [-0.39, 0.29) is 0 Å². The van der Waals surface area contributed by atoms with Gasteiger partial charge in [-0.3, -0.25) is 0 Å². The molecule has 1 aromatic heterocycles. The molecule has 4 heteroatoms. The molecule has 82 valence electrons. The molecular weight excluding hydrogens is 188 g/mol. The predicted molar refractivity (Wildman–Crippen MR) is 62.0 cm³/mol. The maximum absolute atomic E-state index is 4.28. The molecule has 1 aliphatic heterocycles. The van der Waals surface area contributed by atoms with Crippen LogP contribution in [-0.4, -0.2) is 29.2 Å². The summed E-state index contributed by atoms with van der Waals surface area (Å²) in [7, 11) is 0. The van der Waals surface area contributed by atoms with Crippen molar-refractivity contribution >= 4 is 5.95 Å². The minimum Gasteiger partial charge on any atom is -0.352 e. The van der Waals surface area contributed by atoms with Crippen LogP contribution in [0.5, 0.6) is 0 Å². The van der Waals surface area contributed by atoms with Crippen LogP contribution in [0.3, 0.4) is 0 Å². The lowest BCUT2D eigenvalue weighted by Crippen LogP contribution is -2.23. The number of aromatic nitrogens is 2. The number of nitrogens with one attached hydrogen (secondary N) is 2. The monoisotopic (exact) mass is 206 g/mol. The third kappa shape index (κ3) is 2.59. The normalized spacial score (nSPS) is 16.2. The molecule has 0 unspecified atom stereocenters. The van der Waals surface area contributed by atoms with Crippen LogP contribution < -0.4 is 10.6 Å². The number of rotatable bonds is 4. The fraction of sp³-hybridized carbons (Fsp3) is 0.545. The molecule has 0 radical (unpaired) electrons. The van der Waals surface area contributed by atoms with Gasteiger partial charge >= 0.3 is 0 Å². The molecule has 0 amide bonds. The van der Waals surface area contributed by atoms with Crippen LogP contribution >= 0.6 is 0 Å². The summed E-state index contributed by atoms with van der Waals surface area (Å²) in [5.74, 6) is 0.969. The SMILES string of the molecule is CCn1ccnc1NCC1=CCNCC1. The lowest BCUT2D eigenvalue weighted by Gasteiger charge is -2.15. The summed E-state index contributed by atoms with van der Waals surface area (Å²) in [6.07, 6.45) is 7.23. The highest BCUT2D eigenvalue weighted by atomic mass is 15.2. The Labute approximate surface area is 90.4 Å². The van der Waals surface area contributed by atoms with E-state index in [1.54, 1.807) is 0 Å². The fourth-order valence-electron chi connectivity index (χ4n) is 1.75. The highest BCUT2D eigenvalue weighted by Gasteiger charge is 2.04. The Morgan fingerprint density at radius 1 is 1.60 bits per heavy atom. The minimum absolute atomic E-state index is 0.915. The summed E-state index contributed by atoms with van der Waals surface area (Å²) in [5.41, 5.74) is 1.47. The first kappa shape index (κ1) is 10.2. The molecule has 2 N–H and O–H groups in total. The first-order valence-electron chi connectivity index (χ1n) is 5.53. The maximum atomic E-state index is 4.28. The second-order valence-corrected chi connectivity index (χ2v) is 3.71. The van der Waals surface area contributed by atoms with Crippen molar-refractivity contribution in [3.63, 3.8) is 0 Å². The molecule has 0 aromatic carbocycles. The zero-order valence-corrected chi connectivity index (χ0v) is 9.16. The number of anilines is 1. The predicted octanol–water partition coefficient (Wildman–Crippen LogP) is 1.23. The maximum Gasteiger partial charge on any atom is 0.203 e. The van der Waals surface area contributed by atoms with Gasteiger partial charge in [-0.25, -0.2) is 4.98 Å². The molecule has 2 heterocycles. The summed E-state index contributed by atoms with van der Waals surface area (Å²) in [6, 6.07) is 0. The molecule has 15 heavy (non-hydrogen) atoms. The summed E-state index contributed by atoms with van der Waals surface area (Å²) >= 11 is 0. The smallest absolute Gasteiger partial charge is 0.203 e. The van der Waals surface area contributed by atoms with E-state index in [2.05, 4.69) is 33.2 Å². The van der Waals surface area contributed by atoms with E-state index >= 15 is 0 Å². The fourth-order valence-corrected chi connectivity index (χ4v) is 1.75. The van der Waals surface area contributed by atoms with Crippen LogP contribution in [-0.2, 0) is 6.54 Å². The first-order chi connectivity index (χ1) is 7.40. The van der Waals surface area contributed by atoms with E-state index in [0.717, 1.165) is 38.5 Å². The van der Waals surface area contributed by atoms with Gasteiger partial charge in [0.25, 0.3) is 0 Å². The molecule has 0 spiro atoms. The minimum atomic E-state index is 0.915. The molecule has 0 bridgehead atoms. The van der Waals surface area contributed by atoms with Gasteiger partial charge in [0, 0.05) is 32.0 Å². The standard InChI is InChI=1S/C11H18N4/c1-2-15-8-7-13-11(15)14-9-10-3-5-12-6-4-10/h3,7-8,12H,2,4-6,9H2,1H3,(H,13,14). The van der Waals surface area contributed by atoms with Crippen LogP contribution in [0.1, 0.15) is 13.3 Å². The molecule has 4 nitrogen and oxygen atoms in total. The summed E-state index contributed by atoms with van der Waals surface area (Å²) in [4.78, 5) is 4.28. The Bertz CT molecular complexity index is 340. The second-order valence-electron chi connectivity index (χ2n) is 3.71. The average molecular weight is 206 g/mol. The summed E-state index contributed by atoms with van der Waals surface area (Å²) < 4.78 is 2.11. The highest BCUT2D eigenvalue weighted by molar-refractivity contribution is 5.29. The zero-order chi connectivity index (χ0) is 10.5. The Morgan fingerprint density at radius 3 is 3.27 bits per heavy atom. The third-order valence-corrected chi connectivity index (χ3v) is 2.69. The van der Waals surface area contributed by atoms with E-state index in [4.69, 9.17) is 0 Å². The van der Waals surface area contributed by atoms with Gasteiger partial charge < -0.3 is 15.2 Å². The lowest BCUT2D eigenvalue weighted by atomic mass is 10.1. The Morgan fingerprint density at radius 2 is 2.53 bits per heavy atom. The van der Waals surface area contributed by atoms with Gasteiger partial charge in [-0.2, -0.15) is 0 Å². The van der Waals surface area contributed by atoms with Crippen molar-refractivity contribution < 1.29 is 0 Å². The van der Waals surface area contributed by atoms with E-state index in [1.165, 1.54) is 5.57 Å². The number of imidazole rings is 1. The Balaban J connectivity index is 1.89. The number of hydrogen-bond donors (Lipinski definition) is 2. The van der Waals surface area contributed by atoms with Gasteiger partial charge in [0.1, 0.15) is 0 Å². The van der Waals surface area contributed by atoms with Crippen molar-refractivity contribution in [3.8, 4) is 0 Å². The molecule has 1 aromatic rings. The first-order valence-corrected chi connectivity index (χ1v) is 5.53. The molecule has 0 saturated carbocycles. The molecule has 0 saturated heterocycles. The average Bonchev–Trinajstić information content (AvgIpc) is 2.75. The quantitative estimate of drug-likeness (QED) is 0.728. The molecule has 2 rings (SSSR count). The van der Waals surface area contributed by atoms with Gasteiger partial charge in [0.05, 0.1) is 0 Å². The number of aryl methyl sites for hydroxylation is 1. The zero-order valence-electron chi connectivity index (χ0n) is 9.16. The van der Waals surface area contributed by atoms with Crippen LogP contribution in [0.4, 0.5) is 5.95 Å². The number of nitrogens with zero attached hydrogens (tertiary/aromatic N) is 2. The van der Waals surface area contributed by atoms with Crippen LogP contribution in [0.25, 0.3) is 0 Å². The molecule has 0 aliphatic carbocycles. The van der Waals surface area contributed by atoms with Crippen molar-refractivity contribution in [3.05, 3.63) is 24.0 Å². The number of hydrogen-bond acceptors (Lipinski definition) is 3. The van der Waals surface area contributed by atoms with Crippen LogP contribution in [0.2, 0.25) is 0 Å². The van der Waals surface area contributed by atoms with Gasteiger partial charge in [-0.05, 0) is 19.9 Å². The van der Waals surface area contributed by atoms with Gasteiger partial charge in [-0.1, -0.05) is 11.6 Å². The Hall–Kier alpha value is -1.29. The molecule has 0 atom stereocenters. The highest BCUT2D eigenvalue weighted by Crippen LogP contribution is 2.08. The topological polar surface area (TPSA) is 41.9 Å². The van der Waals surface area contributed by atoms with Crippen LogP contribution in [0.15, 0.2) is 24.0 Å². The third-order valence-electron chi connectivity index (χ3n) is 2.69. The summed E-state index contributed by atoms with van der Waals surface area (Å²) in [6.45, 7) is 6.09. The molecule has 1 aliphatic rings. The van der Waals surface area contributed by atoms with E-state index in [1.807, 2.05) is 12.4 Å². The van der Waals surface area contributed by atoms with Gasteiger partial charge in [-0.15, -0.1) is 0 Å². The second kappa shape index (κ2) is 4.98. The van der Waals surface area contributed by atoms with Gasteiger partial charge in [0.15, 0.2) is 0 Å². The van der Waals surface area contributed by atoms with E-state index in [0.29, 0.717) is 0 Å². The van der Waals surface area contributed by atoms with Crippen molar-refractivity contribution in [2.75, 3.05) is 25.0 Å². The lowest BCUT2D eigenvalue weighted by molar-refractivity contribution is 0.695. The largest absolute Gasteiger partial charge is 0.352 e. The van der Waals surface area contributed by atoms with Crippen molar-refractivity contribution in [2.24, 2.45) is 0 Å². The van der Waals surface area contributed by atoms with Crippen molar-refractivity contribution in [2.45, 2.75) is 19.9 Å². The van der Waals surface area contributed by atoms with E-state index < -0.39 is 0 Å². The van der Waals surface area contributed by atoms with E-state index in [9.17, 15) is 0 Å². The van der Waals surface area contributed by atoms with Crippen molar-refractivity contribution in [1.82, 2.24) is 14.9 Å². The Kier molecular flexibility index (Phi) is 3.40. The summed E-state index contributed by atoms with van der Waals surface area (Å²) in [5, 5.41) is 6.68. The van der Waals surface area contributed by atoms with Crippen molar-refractivity contribution in [1.29, 1.82) is 0 Å². The molecule has 0 fully saturated rings. The van der Waals surface area contributed by atoms with Gasteiger partial charge in [0.2, 0.25) is 5.95 Å².